The van der Waals surface area contributed by atoms with Crippen molar-refractivity contribution in [1.82, 2.24) is 9.80 Å². The van der Waals surface area contributed by atoms with Gasteiger partial charge in [0.15, 0.2) is 0 Å². The van der Waals surface area contributed by atoms with Crippen LogP contribution in [0.25, 0.3) is 0 Å². The Balaban J connectivity index is 1.51. The normalized spacial score (nSPS) is 21.2. The van der Waals surface area contributed by atoms with E-state index in [2.05, 4.69) is 4.90 Å². The van der Waals surface area contributed by atoms with Crippen LogP contribution in [0.5, 0.6) is 0 Å². The summed E-state index contributed by atoms with van der Waals surface area (Å²) in [7, 11) is 0. The highest BCUT2D eigenvalue weighted by molar-refractivity contribution is 6.42. The van der Waals surface area contributed by atoms with E-state index in [9.17, 15) is 9.90 Å². The highest BCUT2D eigenvalue weighted by atomic mass is 35.5. The standard InChI is InChI=1S/C18H24Cl2N2O2/c19-15-4-3-14(11-16(15)20)12-17(23)22-9-5-18(24,6-10-22)13-21-7-1-2-8-21/h3-4,11,24H,1-2,5-10,12-13H2. The van der Waals surface area contributed by atoms with Gasteiger partial charge in [-0.1, -0.05) is 29.3 Å². The van der Waals surface area contributed by atoms with Gasteiger partial charge in [-0.25, -0.2) is 0 Å². The van der Waals surface area contributed by atoms with Gasteiger partial charge in [-0.3, -0.25) is 4.79 Å². The molecule has 0 saturated carbocycles. The molecule has 1 aromatic rings. The number of amides is 1. The van der Waals surface area contributed by atoms with Crippen molar-refractivity contribution in [3.05, 3.63) is 33.8 Å². The largest absolute Gasteiger partial charge is 0.388 e. The average molecular weight is 371 g/mol. The maximum atomic E-state index is 12.5. The number of hydrogen-bond donors (Lipinski definition) is 1. The summed E-state index contributed by atoms with van der Waals surface area (Å²) in [6.07, 6.45) is 4.07. The molecule has 1 aromatic carbocycles. The second-order valence-electron chi connectivity index (χ2n) is 7.01. The molecule has 132 valence electrons. The van der Waals surface area contributed by atoms with E-state index in [1.54, 1.807) is 12.1 Å². The zero-order valence-electron chi connectivity index (χ0n) is 13.8. The molecule has 2 heterocycles. The number of hydrogen-bond acceptors (Lipinski definition) is 3. The molecule has 0 bridgehead atoms. The Labute approximate surface area is 153 Å². The van der Waals surface area contributed by atoms with Crippen molar-refractivity contribution in [2.45, 2.75) is 37.7 Å². The molecule has 3 rings (SSSR count). The van der Waals surface area contributed by atoms with Gasteiger partial charge in [0.05, 0.1) is 22.1 Å². The molecule has 6 heteroatoms. The zero-order valence-corrected chi connectivity index (χ0v) is 15.3. The van der Waals surface area contributed by atoms with Crippen LogP contribution in [0, 0.1) is 0 Å². The van der Waals surface area contributed by atoms with E-state index in [1.165, 1.54) is 12.8 Å². The number of benzene rings is 1. The number of piperidine rings is 1. The fraction of sp³-hybridized carbons (Fsp3) is 0.611. The summed E-state index contributed by atoms with van der Waals surface area (Å²) in [6, 6.07) is 5.30. The summed E-state index contributed by atoms with van der Waals surface area (Å²) in [5, 5.41) is 11.7. The van der Waals surface area contributed by atoms with E-state index in [4.69, 9.17) is 23.2 Å². The van der Waals surface area contributed by atoms with Gasteiger partial charge >= 0.3 is 0 Å². The first-order valence-electron chi connectivity index (χ1n) is 8.62. The third kappa shape index (κ3) is 4.42. The number of carbonyl (C=O) groups is 1. The van der Waals surface area contributed by atoms with Gasteiger partial charge in [-0.05, 0) is 56.5 Å². The number of aliphatic hydroxyl groups is 1. The zero-order chi connectivity index (χ0) is 17.2. The van der Waals surface area contributed by atoms with Gasteiger partial charge in [0.1, 0.15) is 0 Å². The molecule has 0 radical (unpaired) electrons. The number of likely N-dealkylation sites (tertiary alicyclic amines) is 2. The molecular weight excluding hydrogens is 347 g/mol. The highest BCUT2D eigenvalue weighted by Crippen LogP contribution is 2.26. The van der Waals surface area contributed by atoms with E-state index in [-0.39, 0.29) is 5.91 Å². The molecule has 0 aliphatic carbocycles. The van der Waals surface area contributed by atoms with Crippen molar-refractivity contribution < 1.29 is 9.90 Å². The molecule has 1 N–H and O–H groups in total. The summed E-state index contributed by atoms with van der Waals surface area (Å²) in [5.74, 6) is 0.0802. The lowest BCUT2D eigenvalue weighted by Gasteiger charge is -2.40. The van der Waals surface area contributed by atoms with Gasteiger partial charge in [0.2, 0.25) is 5.91 Å². The summed E-state index contributed by atoms with van der Waals surface area (Å²) < 4.78 is 0. The first kappa shape index (κ1) is 18.0. The first-order chi connectivity index (χ1) is 11.5. The maximum Gasteiger partial charge on any atom is 0.226 e. The number of rotatable bonds is 4. The third-order valence-electron chi connectivity index (χ3n) is 5.10. The van der Waals surface area contributed by atoms with Crippen LogP contribution >= 0.6 is 23.2 Å². The van der Waals surface area contributed by atoms with Crippen LogP contribution < -0.4 is 0 Å². The monoisotopic (exact) mass is 370 g/mol. The van der Waals surface area contributed by atoms with E-state index < -0.39 is 5.60 Å². The SMILES string of the molecule is O=C(Cc1ccc(Cl)c(Cl)c1)N1CCC(O)(CN2CCCC2)CC1. The summed E-state index contributed by atoms with van der Waals surface area (Å²) >= 11 is 11.9. The summed E-state index contributed by atoms with van der Waals surface area (Å²) in [5.41, 5.74) is 0.220. The Bertz CT molecular complexity index is 595. The molecule has 4 nitrogen and oxygen atoms in total. The van der Waals surface area contributed by atoms with Gasteiger partial charge in [0.25, 0.3) is 0 Å². The molecule has 2 aliphatic rings. The number of β-amino-alcohol motifs (C(OH)–C–C–N with tert-alkyl or cyclic N) is 1. The lowest BCUT2D eigenvalue weighted by molar-refractivity contribution is -0.135. The molecule has 24 heavy (non-hydrogen) atoms. The van der Waals surface area contributed by atoms with Crippen LogP contribution in [0.4, 0.5) is 0 Å². The van der Waals surface area contributed by atoms with Gasteiger partial charge in [-0.15, -0.1) is 0 Å². The fourth-order valence-corrected chi connectivity index (χ4v) is 3.94. The smallest absolute Gasteiger partial charge is 0.226 e. The number of carbonyl (C=O) groups excluding carboxylic acids is 1. The predicted octanol–water partition coefficient (Wildman–Crippen LogP) is 2.99. The molecule has 2 fully saturated rings. The number of halogens is 2. The van der Waals surface area contributed by atoms with Crippen molar-refractivity contribution >= 4 is 29.1 Å². The van der Waals surface area contributed by atoms with Gasteiger partial charge < -0.3 is 14.9 Å². The van der Waals surface area contributed by atoms with Crippen molar-refractivity contribution in [3.63, 3.8) is 0 Å². The second-order valence-corrected chi connectivity index (χ2v) is 7.83. The van der Waals surface area contributed by atoms with Crippen molar-refractivity contribution in [2.75, 3.05) is 32.7 Å². The number of nitrogens with zero attached hydrogens (tertiary/aromatic N) is 2. The quantitative estimate of drug-likeness (QED) is 0.885. The third-order valence-corrected chi connectivity index (χ3v) is 5.84. The maximum absolute atomic E-state index is 12.5. The Hall–Kier alpha value is -0.810. The van der Waals surface area contributed by atoms with Crippen LogP contribution in [0.1, 0.15) is 31.2 Å². The highest BCUT2D eigenvalue weighted by Gasteiger charge is 2.35. The predicted molar refractivity (Wildman–Crippen MR) is 96.6 cm³/mol. The Kier molecular flexibility index (Phi) is 5.70. The van der Waals surface area contributed by atoms with E-state index in [0.29, 0.717) is 42.4 Å². The fourth-order valence-electron chi connectivity index (χ4n) is 3.62. The summed E-state index contributed by atoms with van der Waals surface area (Å²) in [4.78, 5) is 16.7. The van der Waals surface area contributed by atoms with E-state index >= 15 is 0 Å². The van der Waals surface area contributed by atoms with E-state index in [1.807, 2.05) is 11.0 Å². The van der Waals surface area contributed by atoms with Crippen LogP contribution in [0.15, 0.2) is 18.2 Å². The molecule has 0 aromatic heterocycles. The molecular formula is C18H24Cl2N2O2. The summed E-state index contributed by atoms with van der Waals surface area (Å²) in [6.45, 7) is 4.14. The lowest BCUT2D eigenvalue weighted by Crippen LogP contribution is -2.52. The van der Waals surface area contributed by atoms with Gasteiger partial charge in [-0.2, -0.15) is 0 Å². The van der Waals surface area contributed by atoms with E-state index in [0.717, 1.165) is 25.2 Å². The van der Waals surface area contributed by atoms with Crippen molar-refractivity contribution in [2.24, 2.45) is 0 Å². The van der Waals surface area contributed by atoms with Crippen LogP contribution in [-0.2, 0) is 11.2 Å². The first-order valence-corrected chi connectivity index (χ1v) is 9.37. The van der Waals surface area contributed by atoms with Crippen molar-refractivity contribution in [1.29, 1.82) is 0 Å². The topological polar surface area (TPSA) is 43.8 Å². The van der Waals surface area contributed by atoms with Gasteiger partial charge in [0, 0.05) is 19.6 Å². The average Bonchev–Trinajstić information content (AvgIpc) is 3.04. The second kappa shape index (κ2) is 7.61. The Morgan fingerprint density at radius 1 is 1.08 bits per heavy atom. The Morgan fingerprint density at radius 3 is 2.38 bits per heavy atom. The van der Waals surface area contributed by atoms with Crippen molar-refractivity contribution in [3.8, 4) is 0 Å². The molecule has 2 saturated heterocycles. The molecule has 0 unspecified atom stereocenters. The molecule has 1 amide bonds. The Morgan fingerprint density at radius 2 is 1.75 bits per heavy atom. The van der Waals surface area contributed by atoms with Crippen LogP contribution in [0.2, 0.25) is 10.0 Å². The molecule has 2 aliphatic heterocycles. The minimum absolute atomic E-state index is 0.0802. The van der Waals surface area contributed by atoms with Crippen LogP contribution in [-0.4, -0.2) is 59.1 Å². The molecule has 0 spiro atoms. The van der Waals surface area contributed by atoms with Crippen LogP contribution in [0.3, 0.4) is 0 Å². The minimum Gasteiger partial charge on any atom is -0.388 e. The minimum atomic E-state index is -0.648. The lowest BCUT2D eigenvalue weighted by atomic mass is 9.90. The molecule has 0 atom stereocenters.